The number of fused-ring (bicyclic) bond motifs is 1. The number of aryl methyl sites for hydroxylation is 2. The van der Waals surface area contributed by atoms with E-state index >= 15 is 0 Å². The Labute approximate surface area is 130 Å². The Kier molecular flexibility index (Phi) is 3.97. The Bertz CT molecular complexity index is 884. The maximum Gasteiger partial charge on any atom is 0.228 e. The van der Waals surface area contributed by atoms with E-state index in [2.05, 4.69) is 15.4 Å². The molecule has 2 aromatic heterocycles. The second-order valence-electron chi connectivity index (χ2n) is 4.82. The van der Waals surface area contributed by atoms with Crippen molar-refractivity contribution < 1.29 is 4.79 Å². The van der Waals surface area contributed by atoms with Crippen LogP contribution in [0.4, 0.5) is 5.13 Å². The molecule has 1 amide bonds. The lowest BCUT2D eigenvalue weighted by Crippen LogP contribution is -2.17. The van der Waals surface area contributed by atoms with Crippen molar-refractivity contribution in [3.8, 4) is 0 Å². The summed E-state index contributed by atoms with van der Waals surface area (Å²) in [5.41, 5.74) is 0.613. The van der Waals surface area contributed by atoms with E-state index in [9.17, 15) is 9.59 Å². The van der Waals surface area contributed by atoms with E-state index in [1.54, 1.807) is 16.9 Å². The molecule has 3 aromatic rings. The number of nitrogens with one attached hydrogen (secondary N) is 1. The molecule has 0 bridgehead atoms. The predicted molar refractivity (Wildman–Crippen MR) is 86.1 cm³/mol. The number of hydrogen-bond acceptors (Lipinski definition) is 5. The monoisotopic (exact) mass is 314 g/mol. The average Bonchev–Trinajstić information content (AvgIpc) is 2.92. The van der Waals surface area contributed by atoms with Crippen molar-refractivity contribution >= 4 is 33.3 Å². The second-order valence-corrected chi connectivity index (χ2v) is 6.06. The number of hydrogen-bond donors (Lipinski definition) is 1. The number of anilines is 1. The maximum atomic E-state index is 12.0. The fourth-order valence-electron chi connectivity index (χ4n) is 2.14. The molecular weight excluding hydrogens is 300 g/mol. The van der Waals surface area contributed by atoms with Crippen LogP contribution in [0, 0.1) is 6.92 Å². The van der Waals surface area contributed by atoms with Crippen LogP contribution in [0.1, 0.15) is 11.3 Å². The zero-order chi connectivity index (χ0) is 15.5. The first-order valence-electron chi connectivity index (χ1n) is 6.80. The number of para-hydroxylation sites is 1. The highest BCUT2D eigenvalue weighted by Gasteiger charge is 2.08. The average molecular weight is 314 g/mol. The number of amides is 1. The smallest absolute Gasteiger partial charge is 0.228 e. The molecule has 1 N–H and O–H groups in total. The minimum absolute atomic E-state index is 0.116. The van der Waals surface area contributed by atoms with Crippen LogP contribution < -0.4 is 10.7 Å². The van der Waals surface area contributed by atoms with Gasteiger partial charge in [0.05, 0.1) is 18.3 Å². The third-order valence-corrected chi connectivity index (χ3v) is 4.01. The zero-order valence-electron chi connectivity index (χ0n) is 11.9. The number of thiazole rings is 1. The number of nitrogens with zero attached hydrogens (tertiary/aromatic N) is 3. The molecule has 0 atom stereocenters. The van der Waals surface area contributed by atoms with Crippen LogP contribution in [-0.2, 0) is 11.3 Å². The Morgan fingerprint density at radius 2 is 2.14 bits per heavy atom. The molecule has 0 spiro atoms. The number of carbonyl (C=O) groups excluding carboxylic acids is 1. The fraction of sp³-hybridized carbons (Fsp3) is 0.200. The molecule has 3 rings (SSSR count). The van der Waals surface area contributed by atoms with Gasteiger partial charge in [0.1, 0.15) is 0 Å². The van der Waals surface area contributed by atoms with Crippen molar-refractivity contribution in [1.29, 1.82) is 0 Å². The largest absolute Gasteiger partial charge is 0.302 e. The standard InChI is InChI=1S/C15H14N4O2S/c1-10-8-16-15(22-10)18-14(21)6-7-19-12-5-3-2-4-11(12)13(20)9-17-19/h2-5,8-9H,6-7H2,1H3,(H,16,18,21). The molecule has 0 aliphatic rings. The van der Waals surface area contributed by atoms with Gasteiger partial charge in [-0.1, -0.05) is 12.1 Å². The van der Waals surface area contributed by atoms with Crippen molar-refractivity contribution in [1.82, 2.24) is 14.8 Å². The summed E-state index contributed by atoms with van der Waals surface area (Å²) in [6.45, 7) is 2.33. The van der Waals surface area contributed by atoms with Crippen molar-refractivity contribution in [2.24, 2.45) is 0 Å². The van der Waals surface area contributed by atoms with Gasteiger partial charge in [-0.3, -0.25) is 14.3 Å². The van der Waals surface area contributed by atoms with Crippen LogP contribution in [0.25, 0.3) is 10.9 Å². The predicted octanol–water partition coefficient (Wildman–Crippen LogP) is 2.19. The summed E-state index contributed by atoms with van der Waals surface area (Å²) in [6.07, 6.45) is 3.26. The van der Waals surface area contributed by atoms with Gasteiger partial charge in [0.15, 0.2) is 5.13 Å². The molecule has 0 saturated carbocycles. The molecule has 0 unspecified atom stereocenters. The van der Waals surface area contributed by atoms with Crippen molar-refractivity contribution in [2.45, 2.75) is 19.9 Å². The molecule has 6 nitrogen and oxygen atoms in total. The molecule has 0 saturated heterocycles. The molecule has 0 radical (unpaired) electrons. The van der Waals surface area contributed by atoms with Gasteiger partial charge in [0.25, 0.3) is 0 Å². The molecule has 112 valence electrons. The van der Waals surface area contributed by atoms with Crippen LogP contribution in [0.5, 0.6) is 0 Å². The minimum Gasteiger partial charge on any atom is -0.302 e. The number of aromatic nitrogens is 3. The summed E-state index contributed by atoms with van der Waals surface area (Å²) < 4.78 is 1.67. The summed E-state index contributed by atoms with van der Waals surface area (Å²) in [7, 11) is 0. The van der Waals surface area contributed by atoms with Gasteiger partial charge < -0.3 is 5.32 Å². The van der Waals surface area contributed by atoms with Gasteiger partial charge in [0, 0.05) is 22.9 Å². The highest BCUT2D eigenvalue weighted by Crippen LogP contribution is 2.16. The third kappa shape index (κ3) is 3.04. The second kappa shape index (κ2) is 6.07. The van der Waals surface area contributed by atoms with Gasteiger partial charge in [-0.05, 0) is 19.1 Å². The Morgan fingerprint density at radius 3 is 2.91 bits per heavy atom. The summed E-state index contributed by atoms with van der Waals surface area (Å²) in [4.78, 5) is 28.8. The molecular formula is C15H14N4O2S. The molecule has 22 heavy (non-hydrogen) atoms. The van der Waals surface area contributed by atoms with E-state index in [1.807, 2.05) is 25.1 Å². The third-order valence-electron chi connectivity index (χ3n) is 3.18. The number of rotatable bonds is 4. The van der Waals surface area contributed by atoms with E-state index in [-0.39, 0.29) is 17.8 Å². The maximum absolute atomic E-state index is 12.0. The van der Waals surface area contributed by atoms with E-state index in [0.29, 0.717) is 17.1 Å². The van der Waals surface area contributed by atoms with Gasteiger partial charge in [-0.15, -0.1) is 11.3 Å². The van der Waals surface area contributed by atoms with Crippen LogP contribution in [-0.4, -0.2) is 20.7 Å². The fourth-order valence-corrected chi connectivity index (χ4v) is 2.82. The summed E-state index contributed by atoms with van der Waals surface area (Å²) >= 11 is 1.44. The van der Waals surface area contributed by atoms with Gasteiger partial charge in [-0.2, -0.15) is 5.10 Å². The highest BCUT2D eigenvalue weighted by atomic mass is 32.1. The SMILES string of the molecule is Cc1cnc(NC(=O)CCn2ncc(=O)c3ccccc32)s1. The van der Waals surface area contributed by atoms with Crippen LogP contribution in [0.2, 0.25) is 0 Å². The van der Waals surface area contributed by atoms with E-state index in [1.165, 1.54) is 17.5 Å². The Hall–Kier alpha value is -2.54. The van der Waals surface area contributed by atoms with Crippen molar-refractivity contribution in [2.75, 3.05) is 5.32 Å². The first kappa shape index (κ1) is 14.4. The molecule has 0 aliphatic carbocycles. The molecule has 0 fully saturated rings. The van der Waals surface area contributed by atoms with Crippen LogP contribution in [0.3, 0.4) is 0 Å². The van der Waals surface area contributed by atoms with E-state index < -0.39 is 0 Å². The van der Waals surface area contributed by atoms with Gasteiger partial charge in [0.2, 0.25) is 11.3 Å². The first-order chi connectivity index (χ1) is 10.6. The molecule has 1 aromatic carbocycles. The lowest BCUT2D eigenvalue weighted by molar-refractivity contribution is -0.116. The quantitative estimate of drug-likeness (QED) is 0.801. The van der Waals surface area contributed by atoms with E-state index in [0.717, 1.165) is 10.4 Å². The van der Waals surface area contributed by atoms with Crippen molar-refractivity contribution in [3.63, 3.8) is 0 Å². The summed E-state index contributed by atoms with van der Waals surface area (Å²) in [6, 6.07) is 7.24. The van der Waals surface area contributed by atoms with Gasteiger partial charge >= 0.3 is 0 Å². The molecule has 7 heteroatoms. The summed E-state index contributed by atoms with van der Waals surface area (Å²) in [5, 5.41) is 8.06. The lowest BCUT2D eigenvalue weighted by Gasteiger charge is -2.08. The summed E-state index contributed by atoms with van der Waals surface area (Å²) in [5.74, 6) is -0.126. The highest BCUT2D eigenvalue weighted by molar-refractivity contribution is 7.15. The Morgan fingerprint density at radius 1 is 1.32 bits per heavy atom. The molecule has 2 heterocycles. The number of carbonyl (C=O) groups is 1. The van der Waals surface area contributed by atoms with Crippen LogP contribution in [0.15, 0.2) is 41.5 Å². The first-order valence-corrected chi connectivity index (χ1v) is 7.62. The number of benzene rings is 1. The van der Waals surface area contributed by atoms with Gasteiger partial charge in [-0.25, -0.2) is 4.98 Å². The lowest BCUT2D eigenvalue weighted by atomic mass is 10.2. The van der Waals surface area contributed by atoms with Crippen LogP contribution >= 0.6 is 11.3 Å². The minimum atomic E-state index is -0.126. The Balaban J connectivity index is 1.73. The van der Waals surface area contributed by atoms with E-state index in [4.69, 9.17) is 0 Å². The normalized spacial score (nSPS) is 10.8. The topological polar surface area (TPSA) is 76.9 Å². The van der Waals surface area contributed by atoms with Crippen molar-refractivity contribution in [3.05, 3.63) is 51.8 Å². The molecule has 0 aliphatic heterocycles. The zero-order valence-corrected chi connectivity index (χ0v) is 12.8.